The van der Waals surface area contributed by atoms with Crippen LogP contribution in [0, 0.1) is 0 Å². The van der Waals surface area contributed by atoms with Crippen LogP contribution in [0.25, 0.3) is 10.9 Å². The molecule has 7 heteroatoms. The van der Waals surface area contributed by atoms with E-state index in [1.54, 1.807) is 18.2 Å². The lowest BCUT2D eigenvalue weighted by Gasteiger charge is -2.36. The summed E-state index contributed by atoms with van der Waals surface area (Å²) in [6.45, 7) is 9.28. The number of fused-ring (bicyclic) bond motifs is 1. The van der Waals surface area contributed by atoms with Crippen LogP contribution in [0.3, 0.4) is 0 Å². The normalized spacial score (nSPS) is 14.8. The molecular formula is C25H28ClN3O3. The highest BCUT2D eigenvalue weighted by Crippen LogP contribution is 2.28. The number of carboxylic acids is 1. The van der Waals surface area contributed by atoms with E-state index < -0.39 is 5.97 Å². The van der Waals surface area contributed by atoms with Crippen LogP contribution in [0.4, 0.5) is 5.69 Å². The lowest BCUT2D eigenvalue weighted by atomic mass is 9.87. The van der Waals surface area contributed by atoms with Crippen LogP contribution >= 0.6 is 11.6 Å². The fourth-order valence-electron chi connectivity index (χ4n) is 4.24. The van der Waals surface area contributed by atoms with Crippen molar-refractivity contribution in [2.24, 2.45) is 0 Å². The maximum atomic E-state index is 13.0. The molecular weight excluding hydrogens is 426 g/mol. The number of nitrogens with zero attached hydrogens (tertiary/aromatic N) is 2. The van der Waals surface area contributed by atoms with Crippen molar-refractivity contribution in [1.29, 1.82) is 0 Å². The van der Waals surface area contributed by atoms with Gasteiger partial charge in [-0.2, -0.15) is 0 Å². The zero-order chi connectivity index (χ0) is 23.0. The number of aromatic nitrogens is 1. The summed E-state index contributed by atoms with van der Waals surface area (Å²) in [6, 6.07) is 13.8. The molecule has 1 fully saturated rings. The Labute approximate surface area is 192 Å². The highest BCUT2D eigenvalue weighted by atomic mass is 35.5. The van der Waals surface area contributed by atoms with Crippen LogP contribution in [0.1, 0.15) is 42.4 Å². The second-order valence-electron chi connectivity index (χ2n) is 9.32. The number of rotatable bonds is 4. The number of nitrogens with one attached hydrogen (secondary N) is 1. The average molecular weight is 454 g/mol. The van der Waals surface area contributed by atoms with Crippen LogP contribution in [-0.4, -0.2) is 53.0 Å². The molecule has 2 heterocycles. The number of aromatic amines is 1. The summed E-state index contributed by atoms with van der Waals surface area (Å²) >= 11 is 6.11. The molecule has 1 aliphatic heterocycles. The Kier molecular flexibility index (Phi) is 5.91. The topological polar surface area (TPSA) is 76.6 Å². The number of piperazine rings is 1. The molecule has 4 rings (SSSR count). The minimum Gasteiger partial charge on any atom is -0.477 e. The largest absolute Gasteiger partial charge is 0.477 e. The molecule has 32 heavy (non-hydrogen) atoms. The smallest absolute Gasteiger partial charge is 0.352 e. The van der Waals surface area contributed by atoms with Gasteiger partial charge >= 0.3 is 5.97 Å². The minimum atomic E-state index is -1.08. The van der Waals surface area contributed by atoms with Gasteiger partial charge in [0.25, 0.3) is 0 Å². The highest BCUT2D eigenvalue weighted by molar-refractivity contribution is 6.31. The number of amides is 1. The Hall–Kier alpha value is -2.99. The van der Waals surface area contributed by atoms with E-state index in [4.69, 9.17) is 11.6 Å². The van der Waals surface area contributed by atoms with Crippen LogP contribution in [0.15, 0.2) is 42.5 Å². The third-order valence-electron chi connectivity index (χ3n) is 6.14. The molecule has 0 unspecified atom stereocenters. The zero-order valence-electron chi connectivity index (χ0n) is 18.6. The van der Waals surface area contributed by atoms with Crippen molar-refractivity contribution in [2.75, 3.05) is 31.1 Å². The van der Waals surface area contributed by atoms with Gasteiger partial charge in [-0.1, -0.05) is 44.5 Å². The van der Waals surface area contributed by atoms with Gasteiger partial charge < -0.3 is 19.9 Å². The first-order valence-electron chi connectivity index (χ1n) is 10.8. The number of carboxylic acid groups (broad SMARTS) is 1. The maximum absolute atomic E-state index is 13.0. The number of H-pyrrole nitrogens is 1. The second kappa shape index (κ2) is 8.51. The van der Waals surface area contributed by atoms with E-state index in [9.17, 15) is 14.7 Å². The van der Waals surface area contributed by atoms with Crippen molar-refractivity contribution in [1.82, 2.24) is 9.88 Å². The van der Waals surface area contributed by atoms with Gasteiger partial charge in [0, 0.05) is 53.4 Å². The molecule has 0 radical (unpaired) electrons. The van der Waals surface area contributed by atoms with Crippen LogP contribution in [0.5, 0.6) is 0 Å². The van der Waals surface area contributed by atoms with Gasteiger partial charge in [-0.05, 0) is 41.3 Å². The highest BCUT2D eigenvalue weighted by Gasteiger charge is 2.25. The van der Waals surface area contributed by atoms with Crippen LogP contribution < -0.4 is 4.90 Å². The van der Waals surface area contributed by atoms with Gasteiger partial charge in [0.15, 0.2) is 0 Å². The molecule has 1 aliphatic rings. The molecule has 1 amide bonds. The van der Waals surface area contributed by atoms with Gasteiger partial charge in [-0.25, -0.2) is 4.79 Å². The molecule has 2 N–H and O–H groups in total. The van der Waals surface area contributed by atoms with Crippen LogP contribution in [0.2, 0.25) is 5.02 Å². The number of carbonyl (C=O) groups is 2. The molecule has 0 aliphatic carbocycles. The summed E-state index contributed by atoms with van der Waals surface area (Å²) in [5.41, 5.74) is 3.77. The van der Waals surface area contributed by atoms with Crippen molar-refractivity contribution in [3.8, 4) is 0 Å². The zero-order valence-corrected chi connectivity index (χ0v) is 19.4. The van der Waals surface area contributed by atoms with E-state index >= 15 is 0 Å². The lowest BCUT2D eigenvalue weighted by Crippen LogP contribution is -2.49. The number of halogens is 1. The SMILES string of the molecule is CC(C)(C)c1ccc(N2CCN(C(=O)Cc3c(C(=O)O)[nH]c4ccc(Cl)cc34)CC2)cc1. The number of anilines is 1. The Morgan fingerprint density at radius 3 is 2.28 bits per heavy atom. The number of aromatic carboxylic acids is 1. The van der Waals surface area contributed by atoms with E-state index in [-0.39, 0.29) is 23.4 Å². The van der Waals surface area contributed by atoms with Crippen molar-refractivity contribution in [3.05, 3.63) is 64.3 Å². The third kappa shape index (κ3) is 4.46. The van der Waals surface area contributed by atoms with E-state index in [2.05, 4.69) is 54.9 Å². The summed E-state index contributed by atoms with van der Waals surface area (Å²) in [5.74, 6) is -1.15. The predicted octanol–water partition coefficient (Wildman–Crippen LogP) is 4.71. The standard InChI is InChI=1S/C25H28ClN3O3/c1-25(2,3)16-4-7-18(8-5-16)28-10-12-29(13-11-28)22(30)15-20-19-14-17(26)6-9-21(19)27-23(20)24(31)32/h4-9,14,27H,10-13,15H2,1-3H3,(H,31,32). The van der Waals surface area contributed by atoms with Crippen molar-refractivity contribution >= 4 is 40.1 Å². The van der Waals surface area contributed by atoms with Gasteiger partial charge in [0.2, 0.25) is 5.91 Å². The monoisotopic (exact) mass is 453 g/mol. The van der Waals surface area contributed by atoms with Gasteiger partial charge in [0.1, 0.15) is 5.69 Å². The Morgan fingerprint density at radius 1 is 1.03 bits per heavy atom. The van der Waals surface area contributed by atoms with E-state index in [1.165, 1.54) is 5.56 Å². The Balaban J connectivity index is 1.45. The summed E-state index contributed by atoms with van der Waals surface area (Å²) in [7, 11) is 0. The predicted molar refractivity (Wildman–Crippen MR) is 128 cm³/mol. The summed E-state index contributed by atoms with van der Waals surface area (Å²) in [4.78, 5) is 31.8. The molecule has 1 saturated heterocycles. The Morgan fingerprint density at radius 2 is 1.69 bits per heavy atom. The van der Waals surface area contributed by atoms with Crippen molar-refractivity contribution in [3.63, 3.8) is 0 Å². The maximum Gasteiger partial charge on any atom is 0.352 e. The molecule has 168 valence electrons. The molecule has 0 atom stereocenters. The molecule has 6 nitrogen and oxygen atoms in total. The van der Waals surface area contributed by atoms with Gasteiger partial charge in [-0.15, -0.1) is 0 Å². The second-order valence-corrected chi connectivity index (χ2v) is 9.75. The summed E-state index contributed by atoms with van der Waals surface area (Å²) in [6.07, 6.45) is 0.0300. The van der Waals surface area contributed by atoms with E-state index in [0.29, 0.717) is 34.6 Å². The van der Waals surface area contributed by atoms with E-state index in [1.807, 2.05) is 4.90 Å². The molecule has 0 spiro atoms. The van der Waals surface area contributed by atoms with Gasteiger partial charge in [-0.3, -0.25) is 4.79 Å². The summed E-state index contributed by atoms with van der Waals surface area (Å²) < 4.78 is 0. The first kappa shape index (κ1) is 22.2. The first-order valence-corrected chi connectivity index (χ1v) is 11.2. The van der Waals surface area contributed by atoms with Gasteiger partial charge in [0.05, 0.1) is 6.42 Å². The lowest BCUT2D eigenvalue weighted by molar-refractivity contribution is -0.130. The fourth-order valence-corrected chi connectivity index (χ4v) is 4.41. The van der Waals surface area contributed by atoms with E-state index in [0.717, 1.165) is 18.8 Å². The number of hydrogen-bond acceptors (Lipinski definition) is 3. The minimum absolute atomic E-state index is 0.0300. The van der Waals surface area contributed by atoms with Crippen molar-refractivity contribution < 1.29 is 14.7 Å². The summed E-state index contributed by atoms with van der Waals surface area (Å²) in [5, 5.41) is 10.8. The Bertz CT molecular complexity index is 1150. The van der Waals surface area contributed by atoms with Crippen molar-refractivity contribution in [2.45, 2.75) is 32.6 Å². The third-order valence-corrected chi connectivity index (χ3v) is 6.38. The molecule has 0 bridgehead atoms. The molecule has 0 saturated carbocycles. The molecule has 3 aromatic rings. The fraction of sp³-hybridized carbons (Fsp3) is 0.360. The van der Waals surface area contributed by atoms with Crippen LogP contribution in [-0.2, 0) is 16.6 Å². The molecule has 2 aromatic carbocycles. The number of hydrogen-bond donors (Lipinski definition) is 2. The quantitative estimate of drug-likeness (QED) is 0.599. The first-order chi connectivity index (χ1) is 15.1. The number of benzene rings is 2. The number of carbonyl (C=O) groups excluding carboxylic acids is 1. The molecule has 1 aromatic heterocycles. The average Bonchev–Trinajstić information content (AvgIpc) is 3.11.